The van der Waals surface area contributed by atoms with E-state index in [0.717, 1.165) is 0 Å². The van der Waals surface area contributed by atoms with Crippen LogP contribution in [0, 0.1) is 0 Å². The van der Waals surface area contributed by atoms with Crippen LogP contribution in [-0.4, -0.2) is 14.2 Å². The van der Waals surface area contributed by atoms with E-state index in [-0.39, 0.29) is 0 Å². The average Bonchev–Trinajstić information content (AvgIpc) is 1.89. The van der Waals surface area contributed by atoms with Crippen LogP contribution in [0.2, 0.25) is 0 Å². The molecule has 0 heterocycles. The van der Waals surface area contributed by atoms with E-state index in [1.54, 1.807) is 0 Å². The summed E-state index contributed by atoms with van der Waals surface area (Å²) in [6.07, 6.45) is 0. The third-order valence-corrected chi connectivity index (χ3v) is 0.247. The van der Waals surface area contributed by atoms with Gasteiger partial charge in [0.1, 0.15) is 0 Å². The van der Waals surface area contributed by atoms with Gasteiger partial charge >= 0.3 is 0 Å². The Morgan fingerprint density at radius 1 is 0.556 bits per heavy atom. The molecule has 0 radical (unpaired) electrons. The Bertz CT molecular complexity index is 40.2. The average molecular weight is 142 g/mol. The molecule has 0 aromatic heterocycles. The Morgan fingerprint density at radius 2 is 0.889 bits per heavy atom. The Kier molecular flexibility index (Phi) is 7.48. The van der Waals surface area contributed by atoms with Gasteiger partial charge in [-0.2, -0.15) is 0 Å². The van der Waals surface area contributed by atoms with Gasteiger partial charge in [-0.25, -0.2) is 9.78 Å². The summed E-state index contributed by atoms with van der Waals surface area (Å²) >= 11 is 0. The second-order valence-electron chi connectivity index (χ2n) is 0.674. The first-order valence-electron chi connectivity index (χ1n) is 1.82. The molecule has 0 aliphatic carbocycles. The lowest BCUT2D eigenvalue weighted by atomic mass is 11.8. The molecule has 0 atom stereocenters. The molecule has 0 rings (SSSR count). The Labute approximate surface area is 50.5 Å². The molecular formula is C2H6O7. The van der Waals surface area contributed by atoms with Crippen molar-refractivity contribution in [3.05, 3.63) is 0 Å². The van der Waals surface area contributed by atoms with Crippen LogP contribution in [0.25, 0.3) is 0 Å². The van der Waals surface area contributed by atoms with Crippen molar-refractivity contribution in [3.8, 4) is 0 Å². The minimum atomic E-state index is 1.21. The molecule has 0 fully saturated rings. The van der Waals surface area contributed by atoms with Crippen molar-refractivity contribution in [1.82, 2.24) is 0 Å². The molecule has 7 heteroatoms. The first-order valence-corrected chi connectivity index (χ1v) is 1.82. The van der Waals surface area contributed by atoms with Crippen molar-refractivity contribution in [2.45, 2.75) is 0 Å². The van der Waals surface area contributed by atoms with Gasteiger partial charge in [-0.15, -0.1) is 0 Å². The highest BCUT2D eigenvalue weighted by Crippen LogP contribution is 1.83. The van der Waals surface area contributed by atoms with Crippen LogP contribution in [-0.2, 0) is 35.0 Å². The van der Waals surface area contributed by atoms with Crippen molar-refractivity contribution >= 4 is 0 Å². The molecular weight excluding hydrogens is 136 g/mol. The standard InChI is InChI=1S/C2H6O7/c1-3-5-7-9-8-6-4-2/h1-2H3. The van der Waals surface area contributed by atoms with Gasteiger partial charge in [0.15, 0.2) is 0 Å². The summed E-state index contributed by atoms with van der Waals surface area (Å²) in [5, 5.41) is 18.3. The topological polar surface area (TPSA) is 64.6 Å². The summed E-state index contributed by atoms with van der Waals surface area (Å²) in [7, 11) is 2.42. The van der Waals surface area contributed by atoms with Gasteiger partial charge in [0, 0.05) is 0 Å². The maximum absolute atomic E-state index is 3.90. The highest BCUT2D eigenvalue weighted by atomic mass is 17.9. The van der Waals surface area contributed by atoms with E-state index in [1.807, 2.05) is 0 Å². The van der Waals surface area contributed by atoms with E-state index in [9.17, 15) is 0 Å². The molecule has 0 aliphatic heterocycles. The van der Waals surface area contributed by atoms with Gasteiger partial charge in [-0.1, -0.05) is 0 Å². The number of hydrogen-bond donors (Lipinski definition) is 0. The van der Waals surface area contributed by atoms with E-state index in [0.29, 0.717) is 0 Å². The summed E-state index contributed by atoms with van der Waals surface area (Å²) < 4.78 is 0. The number of rotatable bonds is 6. The molecule has 0 saturated carbocycles. The van der Waals surface area contributed by atoms with Gasteiger partial charge in [-0.3, -0.25) is 0 Å². The van der Waals surface area contributed by atoms with Crippen LogP contribution >= 0.6 is 0 Å². The molecule has 0 aromatic rings. The summed E-state index contributed by atoms with van der Waals surface area (Å²) in [6.45, 7) is 0. The second kappa shape index (κ2) is 7.72. The minimum absolute atomic E-state index is 1.21. The Balaban J connectivity index is 2.60. The van der Waals surface area contributed by atoms with Crippen molar-refractivity contribution in [2.75, 3.05) is 14.2 Å². The van der Waals surface area contributed by atoms with E-state index in [4.69, 9.17) is 0 Å². The zero-order valence-electron chi connectivity index (χ0n) is 4.86. The first kappa shape index (κ1) is 8.72. The molecule has 0 spiro atoms. The lowest BCUT2D eigenvalue weighted by molar-refractivity contribution is -0.786. The molecule has 0 N–H and O–H groups in total. The predicted octanol–water partition coefficient (Wildman–Crippen LogP) is -0.148. The molecule has 0 amide bonds. The first-order chi connectivity index (χ1) is 4.41. The molecule has 0 unspecified atom stereocenters. The van der Waals surface area contributed by atoms with Crippen LogP contribution in [0.5, 0.6) is 0 Å². The van der Waals surface area contributed by atoms with Gasteiger partial charge < -0.3 is 0 Å². The fraction of sp³-hybridized carbons (Fsp3) is 1.00. The molecule has 9 heavy (non-hydrogen) atoms. The van der Waals surface area contributed by atoms with Crippen molar-refractivity contribution < 1.29 is 35.0 Å². The van der Waals surface area contributed by atoms with Gasteiger partial charge in [0.05, 0.1) is 14.2 Å². The summed E-state index contributed by atoms with van der Waals surface area (Å²) in [6, 6.07) is 0. The summed E-state index contributed by atoms with van der Waals surface area (Å²) in [5.74, 6) is 0. The van der Waals surface area contributed by atoms with E-state index >= 15 is 0 Å². The van der Waals surface area contributed by atoms with Crippen LogP contribution < -0.4 is 0 Å². The highest BCUT2D eigenvalue weighted by molar-refractivity contribution is 3.37. The van der Waals surface area contributed by atoms with Crippen molar-refractivity contribution in [1.29, 1.82) is 0 Å². The van der Waals surface area contributed by atoms with Crippen molar-refractivity contribution in [3.63, 3.8) is 0 Å². The van der Waals surface area contributed by atoms with Gasteiger partial charge in [-0.05, 0) is 25.2 Å². The van der Waals surface area contributed by atoms with Gasteiger partial charge in [0.2, 0.25) is 0 Å². The monoisotopic (exact) mass is 142 g/mol. The van der Waals surface area contributed by atoms with Crippen LogP contribution in [0.15, 0.2) is 0 Å². The maximum atomic E-state index is 3.90. The predicted molar refractivity (Wildman–Crippen MR) is 19.4 cm³/mol. The quantitative estimate of drug-likeness (QED) is 0.290. The molecule has 0 saturated heterocycles. The Morgan fingerprint density at radius 3 is 1.22 bits per heavy atom. The van der Waals surface area contributed by atoms with Gasteiger partial charge in [0.25, 0.3) is 0 Å². The minimum Gasteiger partial charge on any atom is -0.207 e. The largest absolute Gasteiger partial charge is 0.207 e. The smallest absolute Gasteiger partial charge is 0.0745 e. The fourth-order valence-corrected chi connectivity index (χ4v) is 0.0896. The molecule has 0 aromatic carbocycles. The lowest BCUT2D eigenvalue weighted by Gasteiger charge is -1.94. The van der Waals surface area contributed by atoms with Crippen LogP contribution in [0.1, 0.15) is 0 Å². The molecule has 0 bridgehead atoms. The summed E-state index contributed by atoms with van der Waals surface area (Å²) in [5.41, 5.74) is 0. The zero-order valence-corrected chi connectivity index (χ0v) is 4.86. The van der Waals surface area contributed by atoms with Crippen molar-refractivity contribution in [2.24, 2.45) is 0 Å². The molecule has 56 valence electrons. The normalized spacial score (nSPS) is 10.0. The van der Waals surface area contributed by atoms with Crippen LogP contribution in [0.4, 0.5) is 0 Å². The lowest BCUT2D eigenvalue weighted by Crippen LogP contribution is -1.98. The van der Waals surface area contributed by atoms with E-state index < -0.39 is 0 Å². The van der Waals surface area contributed by atoms with E-state index in [2.05, 4.69) is 35.0 Å². The molecule has 0 aliphatic rings. The SMILES string of the molecule is COOOOOOOC. The third-order valence-electron chi connectivity index (χ3n) is 0.247. The second-order valence-corrected chi connectivity index (χ2v) is 0.674. The third kappa shape index (κ3) is 7.72. The Hall–Kier alpha value is -0.280. The highest BCUT2D eigenvalue weighted by Gasteiger charge is 1.87. The maximum Gasteiger partial charge on any atom is 0.0745 e. The van der Waals surface area contributed by atoms with E-state index in [1.165, 1.54) is 14.2 Å². The molecule has 7 nitrogen and oxygen atoms in total. The summed E-state index contributed by atoms with van der Waals surface area (Å²) in [4.78, 5) is 7.80. The fourth-order valence-electron chi connectivity index (χ4n) is 0.0896. The van der Waals surface area contributed by atoms with Crippen LogP contribution in [0.3, 0.4) is 0 Å². The number of hydrogen-bond acceptors (Lipinski definition) is 7. The zero-order chi connectivity index (χ0) is 6.95.